The van der Waals surface area contributed by atoms with Crippen molar-refractivity contribution in [1.82, 2.24) is 4.57 Å². The Morgan fingerprint density at radius 1 is 1.40 bits per heavy atom. The van der Waals surface area contributed by atoms with Gasteiger partial charge in [0.15, 0.2) is 5.58 Å². The van der Waals surface area contributed by atoms with Crippen molar-refractivity contribution in [2.45, 2.75) is 39.5 Å². The van der Waals surface area contributed by atoms with Crippen molar-refractivity contribution in [2.24, 2.45) is 0 Å². The number of aliphatic hydroxyl groups is 1. The van der Waals surface area contributed by atoms with E-state index >= 15 is 0 Å². The van der Waals surface area contributed by atoms with Crippen molar-refractivity contribution in [3.63, 3.8) is 0 Å². The number of esters is 1. The minimum absolute atomic E-state index is 0.153. The van der Waals surface area contributed by atoms with E-state index < -0.39 is 17.8 Å². The second-order valence-electron chi connectivity index (χ2n) is 4.86. The second-order valence-corrected chi connectivity index (χ2v) is 4.86. The summed E-state index contributed by atoms with van der Waals surface area (Å²) < 4.78 is 11.4. The van der Waals surface area contributed by atoms with E-state index in [-0.39, 0.29) is 12.7 Å². The average Bonchev–Trinajstić information content (AvgIpc) is 2.71. The van der Waals surface area contributed by atoms with E-state index in [9.17, 15) is 9.59 Å². The predicted octanol–water partition coefficient (Wildman–Crippen LogP) is 1.60. The van der Waals surface area contributed by atoms with Crippen LogP contribution in [0.25, 0.3) is 11.1 Å². The van der Waals surface area contributed by atoms with Gasteiger partial charge in [0.2, 0.25) is 0 Å². The highest BCUT2D eigenvalue weighted by atomic mass is 16.5. The van der Waals surface area contributed by atoms with E-state index in [0.29, 0.717) is 16.7 Å². The van der Waals surface area contributed by atoms with Crippen LogP contribution in [0.1, 0.15) is 32.4 Å². The summed E-state index contributed by atoms with van der Waals surface area (Å²) in [5.41, 5.74) is 1.47. The standard InChI is InChI=1S/C14H17NO5/c1-8(2)19-13(17)9(3)15-11-6-10(7-16)4-5-12(11)20-14(15)18/h4-6,8-9,16H,7H2,1-3H3. The molecule has 0 aliphatic carbocycles. The number of aromatic nitrogens is 1. The molecule has 0 bridgehead atoms. The van der Waals surface area contributed by atoms with Gasteiger partial charge in [-0.3, -0.25) is 4.57 Å². The van der Waals surface area contributed by atoms with Crippen molar-refractivity contribution in [3.05, 3.63) is 34.3 Å². The zero-order valence-electron chi connectivity index (χ0n) is 11.6. The summed E-state index contributed by atoms with van der Waals surface area (Å²) in [5.74, 6) is -1.12. The van der Waals surface area contributed by atoms with Crippen molar-refractivity contribution < 1.29 is 19.1 Å². The van der Waals surface area contributed by atoms with Gasteiger partial charge in [-0.1, -0.05) is 6.07 Å². The first-order valence-corrected chi connectivity index (χ1v) is 6.39. The van der Waals surface area contributed by atoms with Crippen LogP contribution in [0.2, 0.25) is 0 Å². The maximum absolute atomic E-state index is 11.9. The number of rotatable bonds is 4. The van der Waals surface area contributed by atoms with Gasteiger partial charge < -0.3 is 14.3 Å². The maximum atomic E-state index is 11.9. The lowest BCUT2D eigenvalue weighted by molar-refractivity contribution is -0.150. The summed E-state index contributed by atoms with van der Waals surface area (Å²) in [6.45, 7) is 4.91. The molecular weight excluding hydrogens is 262 g/mol. The normalized spacial score (nSPS) is 12.8. The fraction of sp³-hybridized carbons (Fsp3) is 0.429. The molecule has 1 aromatic heterocycles. The van der Waals surface area contributed by atoms with Gasteiger partial charge in [0.25, 0.3) is 0 Å². The van der Waals surface area contributed by atoms with Crippen LogP contribution in [0.4, 0.5) is 0 Å². The number of benzene rings is 1. The SMILES string of the molecule is CC(C)OC(=O)C(C)n1c(=O)oc2ccc(CO)cc21. The van der Waals surface area contributed by atoms with Gasteiger partial charge in [0.05, 0.1) is 18.2 Å². The summed E-state index contributed by atoms with van der Waals surface area (Å²) >= 11 is 0. The number of oxazole rings is 1. The number of carbonyl (C=O) groups is 1. The molecule has 1 aromatic carbocycles. The Morgan fingerprint density at radius 3 is 2.70 bits per heavy atom. The fourth-order valence-corrected chi connectivity index (χ4v) is 1.98. The van der Waals surface area contributed by atoms with Crippen LogP contribution in [0, 0.1) is 0 Å². The summed E-state index contributed by atoms with van der Waals surface area (Å²) in [4.78, 5) is 23.8. The summed E-state index contributed by atoms with van der Waals surface area (Å²) in [6.07, 6.45) is -0.258. The Labute approximate surface area is 115 Å². The molecule has 20 heavy (non-hydrogen) atoms. The number of carbonyl (C=O) groups excluding carboxylic acids is 1. The predicted molar refractivity (Wildman–Crippen MR) is 72.3 cm³/mol. The Kier molecular flexibility index (Phi) is 3.94. The minimum atomic E-state index is -0.792. The molecule has 1 atom stereocenters. The molecule has 0 amide bonds. The van der Waals surface area contributed by atoms with Crippen LogP contribution in [0.15, 0.2) is 27.4 Å². The van der Waals surface area contributed by atoms with Gasteiger partial charge in [-0.15, -0.1) is 0 Å². The quantitative estimate of drug-likeness (QED) is 0.860. The van der Waals surface area contributed by atoms with Crippen LogP contribution >= 0.6 is 0 Å². The highest BCUT2D eigenvalue weighted by Crippen LogP contribution is 2.20. The summed E-state index contributed by atoms with van der Waals surface area (Å²) in [7, 11) is 0. The monoisotopic (exact) mass is 279 g/mol. The first-order chi connectivity index (χ1) is 9.43. The molecule has 0 aliphatic rings. The number of aliphatic hydroxyl groups excluding tert-OH is 1. The van der Waals surface area contributed by atoms with E-state index in [1.807, 2.05) is 0 Å². The third-order valence-corrected chi connectivity index (χ3v) is 2.94. The van der Waals surface area contributed by atoms with Gasteiger partial charge in [-0.2, -0.15) is 0 Å². The third kappa shape index (κ3) is 2.60. The molecule has 0 aliphatic heterocycles. The molecule has 1 unspecified atom stereocenters. The zero-order valence-corrected chi connectivity index (χ0v) is 11.6. The van der Waals surface area contributed by atoms with Crippen molar-refractivity contribution in [2.75, 3.05) is 0 Å². The zero-order chi connectivity index (χ0) is 14.9. The van der Waals surface area contributed by atoms with Crippen LogP contribution < -0.4 is 5.76 Å². The highest BCUT2D eigenvalue weighted by Gasteiger charge is 2.23. The lowest BCUT2D eigenvalue weighted by atomic mass is 10.2. The topological polar surface area (TPSA) is 81.7 Å². The molecule has 2 aromatic rings. The Balaban J connectivity index is 2.49. The fourth-order valence-electron chi connectivity index (χ4n) is 1.98. The van der Waals surface area contributed by atoms with Gasteiger partial charge >= 0.3 is 11.7 Å². The van der Waals surface area contributed by atoms with Crippen molar-refractivity contribution in [3.8, 4) is 0 Å². The Bertz CT molecular complexity index is 682. The molecule has 1 heterocycles. The van der Waals surface area contributed by atoms with Crippen LogP contribution in [0.3, 0.4) is 0 Å². The molecule has 2 rings (SSSR count). The van der Waals surface area contributed by atoms with Crippen molar-refractivity contribution in [1.29, 1.82) is 0 Å². The van der Waals surface area contributed by atoms with E-state index in [1.54, 1.807) is 39.0 Å². The number of nitrogens with zero attached hydrogens (tertiary/aromatic N) is 1. The highest BCUT2D eigenvalue weighted by molar-refractivity contribution is 5.79. The molecule has 6 heteroatoms. The van der Waals surface area contributed by atoms with Gasteiger partial charge in [-0.25, -0.2) is 9.59 Å². The number of fused-ring (bicyclic) bond motifs is 1. The van der Waals surface area contributed by atoms with Crippen LogP contribution in [-0.2, 0) is 16.1 Å². The molecule has 0 saturated carbocycles. The lowest BCUT2D eigenvalue weighted by Crippen LogP contribution is -2.28. The first-order valence-electron chi connectivity index (χ1n) is 6.39. The van der Waals surface area contributed by atoms with E-state index in [0.717, 1.165) is 0 Å². The van der Waals surface area contributed by atoms with Gasteiger partial charge in [0.1, 0.15) is 6.04 Å². The largest absolute Gasteiger partial charge is 0.461 e. The Hall–Kier alpha value is -2.08. The first kappa shape index (κ1) is 14.3. The molecule has 108 valence electrons. The minimum Gasteiger partial charge on any atom is -0.461 e. The number of hydrogen-bond donors (Lipinski definition) is 1. The average molecular weight is 279 g/mol. The molecular formula is C14H17NO5. The van der Waals surface area contributed by atoms with Crippen LogP contribution in [0.5, 0.6) is 0 Å². The third-order valence-electron chi connectivity index (χ3n) is 2.94. The molecule has 0 spiro atoms. The van der Waals surface area contributed by atoms with E-state index in [1.165, 1.54) is 4.57 Å². The molecule has 0 radical (unpaired) electrons. The van der Waals surface area contributed by atoms with Gasteiger partial charge in [0, 0.05) is 0 Å². The number of hydrogen-bond acceptors (Lipinski definition) is 5. The molecule has 0 saturated heterocycles. The maximum Gasteiger partial charge on any atom is 0.420 e. The molecule has 1 N–H and O–H groups in total. The molecule has 0 fully saturated rings. The van der Waals surface area contributed by atoms with Gasteiger partial charge in [-0.05, 0) is 38.5 Å². The summed E-state index contributed by atoms with van der Waals surface area (Å²) in [6, 6.07) is 4.09. The number of ether oxygens (including phenoxy) is 1. The Morgan fingerprint density at radius 2 is 2.10 bits per heavy atom. The smallest absolute Gasteiger partial charge is 0.420 e. The second kappa shape index (κ2) is 5.50. The van der Waals surface area contributed by atoms with Crippen LogP contribution in [-0.4, -0.2) is 21.7 Å². The van der Waals surface area contributed by atoms with E-state index in [4.69, 9.17) is 14.3 Å². The van der Waals surface area contributed by atoms with E-state index in [2.05, 4.69) is 0 Å². The lowest BCUT2D eigenvalue weighted by Gasteiger charge is -2.14. The molecule has 6 nitrogen and oxygen atoms in total. The van der Waals surface area contributed by atoms with Crippen molar-refractivity contribution >= 4 is 17.1 Å². The summed E-state index contributed by atoms with van der Waals surface area (Å²) in [5, 5.41) is 9.15.